The molecule has 4 rings (SSSR count). The molecule has 2 heterocycles. The minimum absolute atomic E-state index is 0.0673. The molecule has 1 aromatic carbocycles. The maximum atomic E-state index is 12.0. The molecule has 28 heavy (non-hydrogen) atoms. The summed E-state index contributed by atoms with van der Waals surface area (Å²) < 4.78 is 2.66. The molecule has 0 N–H and O–H groups in total. The maximum absolute atomic E-state index is 12.0. The highest BCUT2D eigenvalue weighted by molar-refractivity contribution is 7.73. The molecule has 0 bridgehead atoms. The van der Waals surface area contributed by atoms with Crippen molar-refractivity contribution in [2.24, 2.45) is 5.92 Å². The molecule has 1 amide bonds. The highest BCUT2D eigenvalue weighted by atomic mass is 32.1. The standard InChI is InChI=1S/C21H28N4OS2/c1-16(26)25(19-9-10-19)20-22-24(21(27)28-20)15-23-13-11-18(12-14-23)8-7-17-5-3-2-4-6-17/h2-6,18-19H,7-15H2,1H3. The average molecular weight is 417 g/mol. The Kier molecular flexibility index (Phi) is 6.23. The average Bonchev–Trinajstić information content (AvgIpc) is 3.46. The number of hydrogen-bond acceptors (Lipinski definition) is 5. The summed E-state index contributed by atoms with van der Waals surface area (Å²) in [6.07, 6.45) is 7.06. The second-order valence-corrected chi connectivity index (χ2v) is 9.60. The van der Waals surface area contributed by atoms with Gasteiger partial charge in [-0.2, -0.15) is 0 Å². The molecule has 0 spiro atoms. The number of piperidine rings is 1. The zero-order valence-electron chi connectivity index (χ0n) is 16.4. The maximum Gasteiger partial charge on any atom is 0.225 e. The Balaban J connectivity index is 1.29. The predicted molar refractivity (Wildman–Crippen MR) is 116 cm³/mol. The summed E-state index contributed by atoms with van der Waals surface area (Å²) in [7, 11) is 0. The van der Waals surface area contributed by atoms with E-state index in [0.717, 1.165) is 47.6 Å². The lowest BCUT2D eigenvalue weighted by molar-refractivity contribution is -0.116. The number of carbonyl (C=O) groups excluding carboxylic acids is 1. The lowest BCUT2D eigenvalue weighted by Gasteiger charge is -2.31. The third-order valence-corrected chi connectivity index (χ3v) is 7.09. The van der Waals surface area contributed by atoms with Gasteiger partial charge in [-0.1, -0.05) is 41.7 Å². The van der Waals surface area contributed by atoms with Crippen LogP contribution in [0.5, 0.6) is 0 Å². The smallest absolute Gasteiger partial charge is 0.225 e. The van der Waals surface area contributed by atoms with Crippen LogP contribution in [0, 0.1) is 9.87 Å². The first-order chi connectivity index (χ1) is 13.6. The molecule has 150 valence electrons. The third-order valence-electron chi connectivity index (χ3n) is 5.78. The number of rotatable bonds is 7. The molecule has 0 atom stereocenters. The summed E-state index contributed by atoms with van der Waals surface area (Å²) in [5, 5.41) is 5.44. The summed E-state index contributed by atoms with van der Waals surface area (Å²) in [6.45, 7) is 4.53. The van der Waals surface area contributed by atoms with E-state index in [2.05, 4.69) is 40.3 Å². The number of aryl methyl sites for hydroxylation is 1. The van der Waals surface area contributed by atoms with Gasteiger partial charge in [0, 0.05) is 26.1 Å². The van der Waals surface area contributed by atoms with Crippen molar-refractivity contribution >= 4 is 34.6 Å². The van der Waals surface area contributed by atoms with E-state index in [1.165, 1.54) is 42.6 Å². The number of likely N-dealkylation sites (tertiary alicyclic amines) is 1. The Labute approximate surface area is 176 Å². The van der Waals surface area contributed by atoms with Gasteiger partial charge in [0.1, 0.15) is 0 Å². The fraction of sp³-hybridized carbons (Fsp3) is 0.571. The SMILES string of the molecule is CC(=O)N(c1nn(CN2CCC(CCc3ccccc3)CC2)c(=S)s1)C1CC1. The molecular formula is C21H28N4OS2. The van der Waals surface area contributed by atoms with Crippen molar-refractivity contribution in [1.82, 2.24) is 14.7 Å². The molecule has 7 heteroatoms. The fourth-order valence-electron chi connectivity index (χ4n) is 3.98. The quantitative estimate of drug-likeness (QED) is 0.624. The number of aromatic nitrogens is 2. The Morgan fingerprint density at radius 1 is 1.21 bits per heavy atom. The zero-order valence-corrected chi connectivity index (χ0v) is 18.1. The van der Waals surface area contributed by atoms with E-state index in [1.807, 2.05) is 9.58 Å². The molecule has 1 saturated carbocycles. The summed E-state index contributed by atoms with van der Waals surface area (Å²) in [6, 6.07) is 11.1. The van der Waals surface area contributed by atoms with Crippen molar-refractivity contribution < 1.29 is 4.79 Å². The van der Waals surface area contributed by atoms with E-state index in [4.69, 9.17) is 12.2 Å². The van der Waals surface area contributed by atoms with Gasteiger partial charge in [0.05, 0.1) is 6.67 Å². The van der Waals surface area contributed by atoms with Crippen molar-refractivity contribution in [2.45, 2.75) is 58.2 Å². The molecule has 5 nitrogen and oxygen atoms in total. The third kappa shape index (κ3) is 4.88. The summed E-state index contributed by atoms with van der Waals surface area (Å²) in [5.74, 6) is 0.871. The number of hydrogen-bond donors (Lipinski definition) is 0. The first-order valence-corrected chi connectivity index (χ1v) is 11.5. The Hall–Kier alpha value is -1.57. The van der Waals surface area contributed by atoms with Crippen LogP contribution in [-0.2, 0) is 17.9 Å². The van der Waals surface area contributed by atoms with E-state index < -0.39 is 0 Å². The van der Waals surface area contributed by atoms with Crippen molar-refractivity contribution in [3.05, 3.63) is 39.8 Å². The van der Waals surface area contributed by atoms with Gasteiger partial charge in [-0.3, -0.25) is 14.6 Å². The fourth-order valence-corrected chi connectivity index (χ4v) is 5.18. The predicted octanol–water partition coefficient (Wildman–Crippen LogP) is 4.49. The first kappa shape index (κ1) is 19.7. The molecule has 2 aliphatic rings. The van der Waals surface area contributed by atoms with Crippen LogP contribution < -0.4 is 4.90 Å². The molecule has 2 fully saturated rings. The number of amides is 1. The van der Waals surface area contributed by atoms with Crippen LogP contribution in [0.15, 0.2) is 30.3 Å². The molecular weight excluding hydrogens is 388 g/mol. The zero-order chi connectivity index (χ0) is 19.5. The van der Waals surface area contributed by atoms with Crippen molar-refractivity contribution in [2.75, 3.05) is 18.0 Å². The van der Waals surface area contributed by atoms with Gasteiger partial charge in [-0.05, 0) is 62.2 Å². The molecule has 1 saturated heterocycles. The van der Waals surface area contributed by atoms with Crippen LogP contribution in [0.2, 0.25) is 0 Å². The van der Waals surface area contributed by atoms with Gasteiger partial charge < -0.3 is 0 Å². The minimum atomic E-state index is 0.0673. The van der Waals surface area contributed by atoms with E-state index in [-0.39, 0.29) is 5.91 Å². The van der Waals surface area contributed by atoms with Gasteiger partial charge in [-0.15, -0.1) is 5.10 Å². The minimum Gasteiger partial charge on any atom is -0.284 e. The second-order valence-electron chi connectivity index (χ2n) is 8.00. The first-order valence-electron chi connectivity index (χ1n) is 10.2. The Morgan fingerprint density at radius 2 is 1.93 bits per heavy atom. The molecule has 1 aliphatic carbocycles. The van der Waals surface area contributed by atoms with Crippen LogP contribution in [0.4, 0.5) is 5.13 Å². The molecule has 1 aromatic heterocycles. The normalized spacial score (nSPS) is 18.3. The summed E-state index contributed by atoms with van der Waals surface area (Å²) in [5.41, 5.74) is 1.44. The number of anilines is 1. The van der Waals surface area contributed by atoms with Gasteiger partial charge in [0.2, 0.25) is 11.0 Å². The van der Waals surface area contributed by atoms with Crippen molar-refractivity contribution in [1.29, 1.82) is 0 Å². The monoisotopic (exact) mass is 416 g/mol. The summed E-state index contributed by atoms with van der Waals surface area (Å²) >= 11 is 6.99. The topological polar surface area (TPSA) is 41.4 Å². The van der Waals surface area contributed by atoms with E-state index >= 15 is 0 Å². The highest BCUT2D eigenvalue weighted by Gasteiger charge is 2.34. The molecule has 0 radical (unpaired) electrons. The van der Waals surface area contributed by atoms with Crippen LogP contribution in [0.1, 0.15) is 44.6 Å². The van der Waals surface area contributed by atoms with Crippen molar-refractivity contribution in [3.63, 3.8) is 0 Å². The largest absolute Gasteiger partial charge is 0.284 e. The van der Waals surface area contributed by atoms with Gasteiger partial charge in [0.25, 0.3) is 0 Å². The lowest BCUT2D eigenvalue weighted by Crippen LogP contribution is -2.36. The van der Waals surface area contributed by atoms with Crippen molar-refractivity contribution in [3.8, 4) is 0 Å². The number of nitrogens with zero attached hydrogens (tertiary/aromatic N) is 4. The van der Waals surface area contributed by atoms with Gasteiger partial charge in [0.15, 0.2) is 3.95 Å². The van der Waals surface area contributed by atoms with Crippen LogP contribution in [0.25, 0.3) is 0 Å². The molecule has 2 aromatic rings. The second kappa shape index (κ2) is 8.84. The molecule has 1 aliphatic heterocycles. The number of benzene rings is 1. The van der Waals surface area contributed by atoms with E-state index in [1.54, 1.807) is 6.92 Å². The van der Waals surface area contributed by atoms with E-state index in [0.29, 0.717) is 6.04 Å². The number of carbonyl (C=O) groups is 1. The lowest BCUT2D eigenvalue weighted by atomic mass is 9.91. The van der Waals surface area contributed by atoms with Crippen LogP contribution in [-0.4, -0.2) is 39.7 Å². The van der Waals surface area contributed by atoms with Crippen LogP contribution >= 0.6 is 23.6 Å². The van der Waals surface area contributed by atoms with E-state index in [9.17, 15) is 4.79 Å². The molecule has 0 unspecified atom stereocenters. The Morgan fingerprint density at radius 3 is 2.57 bits per heavy atom. The Bertz CT molecular complexity index is 851. The van der Waals surface area contributed by atoms with Gasteiger partial charge in [-0.25, -0.2) is 4.68 Å². The van der Waals surface area contributed by atoms with Gasteiger partial charge >= 0.3 is 0 Å². The highest BCUT2D eigenvalue weighted by Crippen LogP contribution is 2.33. The summed E-state index contributed by atoms with van der Waals surface area (Å²) in [4.78, 5) is 16.2. The van der Waals surface area contributed by atoms with Crippen LogP contribution in [0.3, 0.4) is 0 Å².